The van der Waals surface area contributed by atoms with Crippen molar-refractivity contribution in [3.05, 3.63) is 28.2 Å². The van der Waals surface area contributed by atoms with E-state index in [-0.39, 0.29) is 0 Å². The lowest BCUT2D eigenvalue weighted by Crippen LogP contribution is -2.29. The summed E-state index contributed by atoms with van der Waals surface area (Å²) in [6.07, 6.45) is 0. The van der Waals surface area contributed by atoms with E-state index in [1.165, 1.54) is 15.7 Å². The maximum atomic E-state index is 3.70. The lowest BCUT2D eigenvalue weighted by molar-refractivity contribution is 0.419. The molecule has 0 saturated carbocycles. The molecule has 0 unspecified atom stereocenters. The zero-order valence-electron chi connectivity index (χ0n) is 13.8. The van der Waals surface area contributed by atoms with Gasteiger partial charge in [-0.15, -0.1) is 0 Å². The third-order valence-corrected chi connectivity index (χ3v) is 3.80. The fourth-order valence-corrected chi connectivity index (χ4v) is 2.72. The van der Waals surface area contributed by atoms with Crippen LogP contribution in [0.25, 0.3) is 0 Å². The van der Waals surface area contributed by atoms with Gasteiger partial charge in [0.2, 0.25) is 0 Å². The molecule has 0 amide bonds. The quantitative estimate of drug-likeness (QED) is 0.808. The molecule has 3 heteroatoms. The number of benzene rings is 1. The van der Waals surface area contributed by atoms with Crippen LogP contribution in [0, 0.1) is 11.3 Å². The number of halogens is 1. The first-order chi connectivity index (χ1) is 9.19. The van der Waals surface area contributed by atoms with Gasteiger partial charge in [0, 0.05) is 30.3 Å². The second-order valence-electron chi connectivity index (χ2n) is 7.22. The zero-order valence-corrected chi connectivity index (χ0v) is 15.3. The van der Waals surface area contributed by atoms with E-state index in [2.05, 4.69) is 86.0 Å². The summed E-state index contributed by atoms with van der Waals surface area (Å²) in [6, 6.07) is 6.65. The van der Waals surface area contributed by atoms with E-state index in [1.807, 2.05) is 0 Å². The van der Waals surface area contributed by atoms with Gasteiger partial charge in [0.15, 0.2) is 0 Å². The van der Waals surface area contributed by atoms with E-state index in [0.717, 1.165) is 19.6 Å². The Balaban J connectivity index is 2.67. The molecule has 0 spiro atoms. The molecule has 0 aliphatic heterocycles. The van der Waals surface area contributed by atoms with Crippen LogP contribution < -0.4 is 10.2 Å². The second kappa shape index (κ2) is 7.46. The molecule has 2 nitrogen and oxygen atoms in total. The third kappa shape index (κ3) is 6.27. The van der Waals surface area contributed by atoms with Crippen molar-refractivity contribution >= 4 is 21.6 Å². The predicted octanol–water partition coefficient (Wildman–Crippen LogP) is 4.68. The van der Waals surface area contributed by atoms with Crippen LogP contribution in [-0.4, -0.2) is 20.1 Å². The molecule has 0 radical (unpaired) electrons. The molecule has 0 heterocycles. The van der Waals surface area contributed by atoms with E-state index in [9.17, 15) is 0 Å². The highest BCUT2D eigenvalue weighted by Gasteiger charge is 2.14. The molecule has 114 valence electrons. The predicted molar refractivity (Wildman–Crippen MR) is 93.4 cm³/mol. The Bertz CT molecular complexity index is 421. The first-order valence-corrected chi connectivity index (χ1v) is 8.18. The average molecular weight is 341 g/mol. The highest BCUT2D eigenvalue weighted by molar-refractivity contribution is 9.10. The van der Waals surface area contributed by atoms with Crippen LogP contribution in [0.1, 0.15) is 40.2 Å². The Morgan fingerprint density at radius 3 is 2.40 bits per heavy atom. The topological polar surface area (TPSA) is 15.3 Å². The van der Waals surface area contributed by atoms with Crippen LogP contribution >= 0.6 is 15.9 Å². The first kappa shape index (κ1) is 17.5. The highest BCUT2D eigenvalue weighted by Crippen LogP contribution is 2.26. The van der Waals surface area contributed by atoms with E-state index < -0.39 is 0 Å². The maximum Gasteiger partial charge on any atom is 0.0375 e. The fraction of sp³-hybridized carbons (Fsp3) is 0.647. The minimum Gasteiger partial charge on any atom is -0.374 e. The van der Waals surface area contributed by atoms with Gasteiger partial charge in [-0.25, -0.2) is 0 Å². The van der Waals surface area contributed by atoms with Crippen molar-refractivity contribution in [1.29, 1.82) is 0 Å². The molecule has 0 aromatic heterocycles. The number of hydrogen-bond donors (Lipinski definition) is 1. The third-order valence-electron chi connectivity index (χ3n) is 3.06. The van der Waals surface area contributed by atoms with Crippen LogP contribution in [0.4, 0.5) is 5.69 Å². The molecule has 1 aromatic rings. The smallest absolute Gasteiger partial charge is 0.0375 e. The molecule has 20 heavy (non-hydrogen) atoms. The summed E-state index contributed by atoms with van der Waals surface area (Å²) in [5.41, 5.74) is 2.89. The van der Waals surface area contributed by atoms with Crippen LogP contribution in [0.2, 0.25) is 0 Å². The van der Waals surface area contributed by atoms with Gasteiger partial charge >= 0.3 is 0 Å². The second-order valence-corrected chi connectivity index (χ2v) is 8.07. The van der Waals surface area contributed by atoms with Crippen LogP contribution in [0.5, 0.6) is 0 Å². The van der Waals surface area contributed by atoms with Gasteiger partial charge in [0.1, 0.15) is 0 Å². The number of nitrogens with zero attached hydrogens (tertiary/aromatic N) is 1. The van der Waals surface area contributed by atoms with Crippen molar-refractivity contribution < 1.29 is 0 Å². The Morgan fingerprint density at radius 1 is 1.25 bits per heavy atom. The summed E-state index contributed by atoms with van der Waals surface area (Å²) in [5.74, 6) is 0.686. The van der Waals surface area contributed by atoms with E-state index in [0.29, 0.717) is 11.3 Å². The Labute approximate surface area is 133 Å². The lowest BCUT2D eigenvalue weighted by Gasteiger charge is -2.28. The molecule has 0 fully saturated rings. The Hall–Kier alpha value is -0.540. The molecule has 0 aliphatic rings. The molecule has 1 N–H and O–H groups in total. The molecule has 0 atom stereocenters. The largest absolute Gasteiger partial charge is 0.374 e. The van der Waals surface area contributed by atoms with Crippen molar-refractivity contribution in [2.24, 2.45) is 11.3 Å². The van der Waals surface area contributed by atoms with Crippen LogP contribution in [-0.2, 0) is 6.54 Å². The minimum atomic E-state index is 0.304. The number of rotatable bonds is 6. The van der Waals surface area contributed by atoms with Gasteiger partial charge in [-0.05, 0) is 35.6 Å². The summed E-state index contributed by atoms with van der Waals surface area (Å²) in [6.45, 7) is 14.3. The standard InChI is InChI=1S/C17H29BrN2/c1-13(2)10-19-11-14-7-8-15(9-16(14)18)20(6)12-17(3,4)5/h7-9,13,19H,10-12H2,1-6H3. The van der Waals surface area contributed by atoms with Gasteiger partial charge in [0.05, 0.1) is 0 Å². The summed E-state index contributed by atoms with van der Waals surface area (Å²) in [7, 11) is 2.16. The summed E-state index contributed by atoms with van der Waals surface area (Å²) < 4.78 is 1.19. The average Bonchev–Trinajstić information content (AvgIpc) is 2.28. The fourth-order valence-electron chi connectivity index (χ4n) is 2.22. The maximum absolute atomic E-state index is 3.70. The van der Waals surface area contributed by atoms with Gasteiger partial charge < -0.3 is 10.2 Å². The summed E-state index contributed by atoms with van der Waals surface area (Å²) >= 11 is 3.70. The first-order valence-electron chi connectivity index (χ1n) is 7.39. The molecule has 1 rings (SSSR count). The normalized spacial score (nSPS) is 12.0. The zero-order chi connectivity index (χ0) is 15.3. The lowest BCUT2D eigenvalue weighted by atomic mass is 9.96. The Morgan fingerprint density at radius 2 is 1.90 bits per heavy atom. The van der Waals surface area contributed by atoms with E-state index in [4.69, 9.17) is 0 Å². The number of hydrogen-bond acceptors (Lipinski definition) is 2. The summed E-state index contributed by atoms with van der Waals surface area (Å²) in [4.78, 5) is 2.32. The van der Waals surface area contributed by atoms with Crippen LogP contribution in [0.3, 0.4) is 0 Å². The number of anilines is 1. The molecule has 1 aromatic carbocycles. The Kier molecular flexibility index (Phi) is 6.53. The van der Waals surface area contributed by atoms with E-state index >= 15 is 0 Å². The SMILES string of the molecule is CC(C)CNCc1ccc(N(C)CC(C)(C)C)cc1Br. The summed E-state index contributed by atoms with van der Waals surface area (Å²) in [5, 5.41) is 3.49. The van der Waals surface area contributed by atoms with Gasteiger partial charge in [-0.1, -0.05) is 56.6 Å². The van der Waals surface area contributed by atoms with Crippen molar-refractivity contribution in [3.63, 3.8) is 0 Å². The highest BCUT2D eigenvalue weighted by atomic mass is 79.9. The molecule has 0 aliphatic carbocycles. The van der Waals surface area contributed by atoms with Gasteiger partial charge in [0.25, 0.3) is 0 Å². The van der Waals surface area contributed by atoms with Crippen molar-refractivity contribution in [1.82, 2.24) is 5.32 Å². The van der Waals surface area contributed by atoms with E-state index in [1.54, 1.807) is 0 Å². The van der Waals surface area contributed by atoms with Gasteiger partial charge in [-0.2, -0.15) is 0 Å². The monoisotopic (exact) mass is 340 g/mol. The molecule has 0 saturated heterocycles. The number of nitrogens with one attached hydrogen (secondary N) is 1. The molecular formula is C17H29BrN2. The van der Waals surface area contributed by atoms with Crippen LogP contribution in [0.15, 0.2) is 22.7 Å². The van der Waals surface area contributed by atoms with Crippen molar-refractivity contribution in [2.75, 3.05) is 25.0 Å². The minimum absolute atomic E-state index is 0.304. The molecular weight excluding hydrogens is 312 g/mol. The van der Waals surface area contributed by atoms with Gasteiger partial charge in [-0.3, -0.25) is 0 Å². The van der Waals surface area contributed by atoms with Crippen molar-refractivity contribution in [2.45, 2.75) is 41.2 Å². The molecule has 0 bridgehead atoms. The van der Waals surface area contributed by atoms with Crippen molar-refractivity contribution in [3.8, 4) is 0 Å².